The van der Waals surface area contributed by atoms with Gasteiger partial charge in [0.05, 0.1) is 17.7 Å². The average molecular weight is 506 g/mol. The first-order valence-electron chi connectivity index (χ1n) is 10.2. The molecule has 3 aromatic rings. The van der Waals surface area contributed by atoms with Crippen molar-refractivity contribution in [2.45, 2.75) is 31.2 Å². The van der Waals surface area contributed by atoms with Gasteiger partial charge in [0, 0.05) is 10.9 Å². The number of rotatable bonds is 10. The maximum absolute atomic E-state index is 13.0. The highest BCUT2D eigenvalue weighted by Gasteiger charge is 2.27. The molecule has 1 atom stereocenters. The molecule has 0 aliphatic carbocycles. The number of ether oxygens (including phenoxy) is 1. The Morgan fingerprint density at radius 3 is 2.55 bits per heavy atom. The lowest BCUT2D eigenvalue weighted by Crippen LogP contribution is -2.44. The van der Waals surface area contributed by atoms with Crippen LogP contribution in [0.15, 0.2) is 52.7 Å². The molecule has 0 saturated heterocycles. The molecule has 10 heteroatoms. The molecule has 1 amide bonds. The van der Waals surface area contributed by atoms with Crippen molar-refractivity contribution in [2.24, 2.45) is 0 Å². The van der Waals surface area contributed by atoms with Gasteiger partial charge < -0.3 is 10.1 Å². The van der Waals surface area contributed by atoms with Crippen molar-refractivity contribution < 1.29 is 17.9 Å². The summed E-state index contributed by atoms with van der Waals surface area (Å²) in [6, 6.07) is 11.7. The summed E-state index contributed by atoms with van der Waals surface area (Å²) < 4.78 is 33.8. The molecular formula is C23H27N3O4S3. The highest BCUT2D eigenvalue weighted by Crippen LogP contribution is 2.27. The third kappa shape index (κ3) is 6.57. The molecule has 3 rings (SSSR count). The van der Waals surface area contributed by atoms with E-state index in [0.29, 0.717) is 22.9 Å². The number of aryl methyl sites for hydroxylation is 2. The minimum Gasteiger partial charge on any atom is -0.497 e. The Morgan fingerprint density at radius 2 is 1.91 bits per heavy atom. The first-order chi connectivity index (χ1) is 15.7. The van der Waals surface area contributed by atoms with Crippen LogP contribution in [-0.4, -0.2) is 44.5 Å². The third-order valence-corrected chi connectivity index (χ3v) is 8.00. The van der Waals surface area contributed by atoms with E-state index in [2.05, 4.69) is 15.0 Å². The first kappa shape index (κ1) is 25.2. The van der Waals surface area contributed by atoms with Crippen molar-refractivity contribution >= 4 is 44.2 Å². The third-order valence-electron chi connectivity index (χ3n) is 4.96. The fraction of sp³-hybridized carbons (Fsp3) is 0.304. The van der Waals surface area contributed by atoms with Crippen molar-refractivity contribution in [1.29, 1.82) is 0 Å². The molecule has 0 aliphatic rings. The molecular weight excluding hydrogens is 478 g/mol. The van der Waals surface area contributed by atoms with Gasteiger partial charge in [-0.25, -0.2) is 13.4 Å². The lowest BCUT2D eigenvalue weighted by atomic mass is 10.2. The fourth-order valence-corrected chi connectivity index (χ4v) is 5.90. The van der Waals surface area contributed by atoms with Crippen molar-refractivity contribution in [3.63, 3.8) is 0 Å². The molecule has 1 heterocycles. The second kappa shape index (κ2) is 11.1. The molecule has 176 valence electrons. The van der Waals surface area contributed by atoms with Gasteiger partial charge in [0.15, 0.2) is 5.13 Å². The molecule has 0 bridgehead atoms. The van der Waals surface area contributed by atoms with Gasteiger partial charge in [-0.1, -0.05) is 17.7 Å². The summed E-state index contributed by atoms with van der Waals surface area (Å²) in [5, 5.41) is 5.02. The molecule has 0 unspecified atom stereocenters. The first-order valence-corrected chi connectivity index (χ1v) is 14.0. The predicted octanol–water partition coefficient (Wildman–Crippen LogP) is 4.47. The van der Waals surface area contributed by atoms with Crippen LogP contribution in [0, 0.1) is 13.8 Å². The van der Waals surface area contributed by atoms with Gasteiger partial charge in [0.1, 0.15) is 11.8 Å². The lowest BCUT2D eigenvalue weighted by molar-refractivity contribution is -0.117. The van der Waals surface area contributed by atoms with E-state index in [4.69, 9.17) is 4.74 Å². The van der Waals surface area contributed by atoms with Crippen LogP contribution >= 0.6 is 23.1 Å². The molecule has 0 saturated carbocycles. The second-order valence-corrected chi connectivity index (χ2v) is 11.0. The SMILES string of the molecule is COc1ccc(-c2csc(NC(=O)[C@H](CCSC)NS(=O)(=O)c3ccc(C)cc3C)n2)cc1. The monoisotopic (exact) mass is 505 g/mol. The zero-order chi connectivity index (χ0) is 24.0. The van der Waals surface area contributed by atoms with Crippen molar-refractivity contribution in [3.05, 3.63) is 59.0 Å². The van der Waals surface area contributed by atoms with Crippen LogP contribution in [0.4, 0.5) is 5.13 Å². The van der Waals surface area contributed by atoms with Crippen molar-refractivity contribution in [1.82, 2.24) is 9.71 Å². The van der Waals surface area contributed by atoms with Gasteiger partial charge in [-0.3, -0.25) is 4.79 Å². The summed E-state index contributed by atoms with van der Waals surface area (Å²) in [7, 11) is -2.26. The average Bonchev–Trinajstić information content (AvgIpc) is 3.24. The zero-order valence-corrected chi connectivity index (χ0v) is 21.4. The number of hydrogen-bond donors (Lipinski definition) is 2. The topological polar surface area (TPSA) is 97.4 Å². The smallest absolute Gasteiger partial charge is 0.244 e. The van der Waals surface area contributed by atoms with Gasteiger partial charge >= 0.3 is 0 Å². The molecule has 0 aliphatic heterocycles. The van der Waals surface area contributed by atoms with Gasteiger partial charge in [0.2, 0.25) is 15.9 Å². The van der Waals surface area contributed by atoms with E-state index in [1.54, 1.807) is 37.9 Å². The number of thiazole rings is 1. The molecule has 0 radical (unpaired) electrons. The van der Waals surface area contributed by atoms with Crippen LogP contribution in [0.1, 0.15) is 17.5 Å². The van der Waals surface area contributed by atoms with E-state index >= 15 is 0 Å². The van der Waals surface area contributed by atoms with Gasteiger partial charge in [0.25, 0.3) is 0 Å². The summed E-state index contributed by atoms with van der Waals surface area (Å²) in [5.41, 5.74) is 3.21. The van der Waals surface area contributed by atoms with E-state index in [1.807, 2.05) is 48.9 Å². The number of amides is 1. The quantitative estimate of drug-likeness (QED) is 0.422. The number of hydrogen-bond acceptors (Lipinski definition) is 7. The van der Waals surface area contributed by atoms with Gasteiger partial charge in [-0.05, 0) is 68.2 Å². The van der Waals surface area contributed by atoms with Crippen LogP contribution in [0.25, 0.3) is 11.3 Å². The highest BCUT2D eigenvalue weighted by molar-refractivity contribution is 7.98. The minimum atomic E-state index is -3.87. The van der Waals surface area contributed by atoms with Crippen LogP contribution in [-0.2, 0) is 14.8 Å². The Bertz CT molecular complexity index is 1210. The Labute approximate surface area is 203 Å². The van der Waals surface area contributed by atoms with Crippen LogP contribution < -0.4 is 14.8 Å². The van der Waals surface area contributed by atoms with Crippen LogP contribution in [0.2, 0.25) is 0 Å². The molecule has 33 heavy (non-hydrogen) atoms. The van der Waals surface area contributed by atoms with E-state index in [1.165, 1.54) is 11.3 Å². The summed E-state index contributed by atoms with van der Waals surface area (Å²) in [6.45, 7) is 3.65. The molecule has 2 aromatic carbocycles. The molecule has 1 aromatic heterocycles. The summed E-state index contributed by atoms with van der Waals surface area (Å²) in [5.74, 6) is 0.936. The van der Waals surface area contributed by atoms with Gasteiger partial charge in [-0.15, -0.1) is 11.3 Å². The Hall–Kier alpha value is -2.40. The summed E-state index contributed by atoms with van der Waals surface area (Å²) in [6.07, 6.45) is 2.27. The number of thioether (sulfide) groups is 1. The zero-order valence-electron chi connectivity index (χ0n) is 18.9. The Balaban J connectivity index is 1.76. The van der Waals surface area contributed by atoms with Crippen LogP contribution in [0.5, 0.6) is 5.75 Å². The second-order valence-electron chi connectivity index (χ2n) is 7.48. The standard InChI is InChI=1S/C23H27N3O4S3/c1-15-5-10-21(16(2)13-15)33(28,29)26-19(11-12-31-4)22(27)25-23-24-20(14-32-23)17-6-8-18(30-3)9-7-17/h5-10,13-14,19,26H,11-12H2,1-4H3,(H,24,25,27)/t19-/m0/s1. The van der Waals surface area contributed by atoms with E-state index < -0.39 is 22.0 Å². The van der Waals surface area contributed by atoms with E-state index in [9.17, 15) is 13.2 Å². The molecule has 0 fully saturated rings. The van der Waals surface area contributed by atoms with Crippen molar-refractivity contribution in [2.75, 3.05) is 24.4 Å². The van der Waals surface area contributed by atoms with Gasteiger partial charge in [-0.2, -0.15) is 16.5 Å². The number of sulfonamides is 1. The van der Waals surface area contributed by atoms with Crippen LogP contribution in [0.3, 0.4) is 0 Å². The number of methoxy groups -OCH3 is 1. The maximum Gasteiger partial charge on any atom is 0.244 e. The number of anilines is 1. The number of benzene rings is 2. The number of carbonyl (C=O) groups excluding carboxylic acids is 1. The fourth-order valence-electron chi connectivity index (χ4n) is 3.25. The minimum absolute atomic E-state index is 0.172. The summed E-state index contributed by atoms with van der Waals surface area (Å²) >= 11 is 2.83. The Kier molecular flexibility index (Phi) is 8.52. The molecule has 7 nitrogen and oxygen atoms in total. The Morgan fingerprint density at radius 1 is 1.18 bits per heavy atom. The van der Waals surface area contributed by atoms with E-state index in [0.717, 1.165) is 22.6 Å². The molecule has 0 spiro atoms. The number of carbonyl (C=O) groups is 1. The molecule has 2 N–H and O–H groups in total. The lowest BCUT2D eigenvalue weighted by Gasteiger charge is -2.18. The number of nitrogens with zero attached hydrogens (tertiary/aromatic N) is 1. The maximum atomic E-state index is 13.0. The summed E-state index contributed by atoms with van der Waals surface area (Å²) in [4.78, 5) is 17.7. The number of aromatic nitrogens is 1. The largest absolute Gasteiger partial charge is 0.497 e. The highest BCUT2D eigenvalue weighted by atomic mass is 32.2. The normalized spacial score (nSPS) is 12.4. The van der Waals surface area contributed by atoms with E-state index in [-0.39, 0.29) is 4.90 Å². The predicted molar refractivity (Wildman–Crippen MR) is 136 cm³/mol. The number of nitrogens with one attached hydrogen (secondary N) is 2. The van der Waals surface area contributed by atoms with Crippen molar-refractivity contribution in [3.8, 4) is 17.0 Å².